The first-order valence-electron chi connectivity index (χ1n) is 14.6. The average Bonchev–Trinajstić information content (AvgIpc) is 3.60. The van der Waals surface area contributed by atoms with Crippen LogP contribution in [0.15, 0.2) is 54.9 Å². The predicted molar refractivity (Wildman–Crippen MR) is 162 cm³/mol. The molecule has 0 spiro atoms. The van der Waals surface area contributed by atoms with E-state index in [4.69, 9.17) is 15.2 Å². The number of hydrogen-bond acceptors (Lipinski definition) is 7. The number of hydrogen-bond donors (Lipinski definition) is 4. The van der Waals surface area contributed by atoms with Crippen LogP contribution in [0.3, 0.4) is 0 Å². The van der Waals surface area contributed by atoms with Crippen LogP contribution in [-0.4, -0.2) is 63.1 Å². The van der Waals surface area contributed by atoms with E-state index >= 15 is 0 Å². The standard InChI is InChI=1S/C32H31F3N6O5/c1-3-46-29-19(14-26(36)42)13-25(39-28(29)18-4-7-23-17(10-18)8-9-37-23)31(44,32(33,34)35)16-38-30(43)20-11-21-15-41(22-5-6-22)40-27(21)24(12-20)45-2/h4,7-13,15,22,37,44H,3,5-6,14,16H2,1-2H3,(H2,36,42)(H,38,43)/t31-/m0/s1. The van der Waals surface area contributed by atoms with Crippen LogP contribution in [0.4, 0.5) is 13.2 Å². The van der Waals surface area contributed by atoms with Crippen LogP contribution in [0.5, 0.6) is 11.5 Å². The summed E-state index contributed by atoms with van der Waals surface area (Å²) in [5.41, 5.74) is 2.60. The van der Waals surface area contributed by atoms with Crippen LogP contribution in [0.25, 0.3) is 33.1 Å². The summed E-state index contributed by atoms with van der Waals surface area (Å²) < 4.78 is 57.4. The number of amides is 2. The van der Waals surface area contributed by atoms with E-state index in [1.165, 1.54) is 19.2 Å². The minimum Gasteiger partial charge on any atom is -0.494 e. The molecular weight excluding hydrogens is 605 g/mol. The van der Waals surface area contributed by atoms with Crippen LogP contribution in [0.2, 0.25) is 0 Å². The number of aliphatic hydroxyl groups is 1. The van der Waals surface area contributed by atoms with Crippen molar-refractivity contribution in [2.24, 2.45) is 5.73 Å². The number of H-pyrrole nitrogens is 1. The Balaban J connectivity index is 1.40. The number of rotatable bonds is 11. The summed E-state index contributed by atoms with van der Waals surface area (Å²) in [4.78, 5) is 32.6. The number of benzene rings is 2. The molecule has 3 aromatic heterocycles. The molecule has 0 unspecified atom stereocenters. The molecular formula is C32H31F3N6O5. The molecule has 5 N–H and O–H groups in total. The molecule has 2 amide bonds. The Morgan fingerprint density at radius 2 is 1.93 bits per heavy atom. The molecule has 2 aromatic carbocycles. The van der Waals surface area contributed by atoms with E-state index in [1.807, 2.05) is 0 Å². The lowest BCUT2D eigenvalue weighted by Gasteiger charge is -2.31. The van der Waals surface area contributed by atoms with Gasteiger partial charge in [0.15, 0.2) is 0 Å². The number of carbonyl (C=O) groups excluding carboxylic acids is 2. The van der Waals surface area contributed by atoms with Crippen molar-refractivity contribution in [3.8, 4) is 22.8 Å². The third-order valence-electron chi connectivity index (χ3n) is 7.92. The van der Waals surface area contributed by atoms with E-state index in [2.05, 4.69) is 20.4 Å². The molecule has 1 aliphatic rings. The number of aromatic nitrogens is 4. The largest absolute Gasteiger partial charge is 0.494 e. The van der Waals surface area contributed by atoms with Gasteiger partial charge in [0.2, 0.25) is 11.5 Å². The number of nitrogens with two attached hydrogens (primary N) is 1. The summed E-state index contributed by atoms with van der Waals surface area (Å²) >= 11 is 0. The summed E-state index contributed by atoms with van der Waals surface area (Å²) in [7, 11) is 1.40. The fraction of sp³-hybridized carbons (Fsp3) is 0.312. The Morgan fingerprint density at radius 1 is 1.15 bits per heavy atom. The fourth-order valence-electron chi connectivity index (χ4n) is 5.40. The maximum atomic E-state index is 14.8. The first kappa shape index (κ1) is 30.9. The molecule has 11 nitrogen and oxygen atoms in total. The van der Waals surface area contributed by atoms with E-state index < -0.39 is 42.3 Å². The van der Waals surface area contributed by atoms with E-state index in [0.29, 0.717) is 16.5 Å². The maximum absolute atomic E-state index is 14.8. The van der Waals surface area contributed by atoms with Crippen molar-refractivity contribution in [1.29, 1.82) is 0 Å². The number of halogens is 3. The van der Waals surface area contributed by atoms with Gasteiger partial charge in [0.1, 0.15) is 22.7 Å². The third kappa shape index (κ3) is 5.71. The zero-order chi connectivity index (χ0) is 32.8. The monoisotopic (exact) mass is 636 g/mol. The molecule has 6 rings (SSSR count). The maximum Gasteiger partial charge on any atom is 0.424 e. The van der Waals surface area contributed by atoms with Crippen molar-refractivity contribution < 1.29 is 37.3 Å². The zero-order valence-electron chi connectivity index (χ0n) is 24.9. The first-order valence-corrected chi connectivity index (χ1v) is 14.6. The quantitative estimate of drug-likeness (QED) is 0.166. The van der Waals surface area contributed by atoms with Gasteiger partial charge in [-0.2, -0.15) is 18.3 Å². The van der Waals surface area contributed by atoms with Gasteiger partial charge in [-0.3, -0.25) is 14.3 Å². The Labute approximate surface area is 260 Å². The van der Waals surface area contributed by atoms with Gasteiger partial charge < -0.3 is 30.6 Å². The van der Waals surface area contributed by atoms with Crippen molar-refractivity contribution >= 4 is 33.6 Å². The van der Waals surface area contributed by atoms with E-state index in [-0.39, 0.29) is 41.0 Å². The Morgan fingerprint density at radius 3 is 2.61 bits per heavy atom. The Bertz CT molecular complexity index is 1970. The number of methoxy groups -OCH3 is 1. The molecule has 46 heavy (non-hydrogen) atoms. The molecule has 0 aliphatic heterocycles. The number of aromatic amines is 1. The van der Waals surface area contributed by atoms with Crippen LogP contribution < -0.4 is 20.5 Å². The minimum atomic E-state index is -5.31. The Kier molecular flexibility index (Phi) is 7.84. The second-order valence-corrected chi connectivity index (χ2v) is 11.2. The van der Waals surface area contributed by atoms with Gasteiger partial charge in [-0.15, -0.1) is 0 Å². The van der Waals surface area contributed by atoms with Gasteiger partial charge in [-0.25, -0.2) is 4.98 Å². The van der Waals surface area contributed by atoms with Gasteiger partial charge in [-0.05, 0) is 56.2 Å². The fourth-order valence-corrected chi connectivity index (χ4v) is 5.40. The molecule has 1 aliphatic carbocycles. The van der Waals surface area contributed by atoms with Crippen molar-refractivity contribution in [2.75, 3.05) is 20.3 Å². The van der Waals surface area contributed by atoms with Gasteiger partial charge >= 0.3 is 6.18 Å². The number of ether oxygens (including phenoxy) is 2. The van der Waals surface area contributed by atoms with Gasteiger partial charge in [0.25, 0.3) is 5.91 Å². The van der Waals surface area contributed by atoms with E-state index in [1.54, 1.807) is 48.3 Å². The highest BCUT2D eigenvalue weighted by Crippen LogP contribution is 2.42. The van der Waals surface area contributed by atoms with Crippen molar-refractivity contribution in [3.63, 3.8) is 0 Å². The van der Waals surface area contributed by atoms with Crippen molar-refractivity contribution in [1.82, 2.24) is 25.1 Å². The number of nitrogens with zero attached hydrogens (tertiary/aromatic N) is 3. The van der Waals surface area contributed by atoms with Crippen LogP contribution in [-0.2, 0) is 16.8 Å². The summed E-state index contributed by atoms with van der Waals surface area (Å²) in [6.45, 7) is 0.495. The van der Waals surface area contributed by atoms with Gasteiger partial charge in [0, 0.05) is 45.4 Å². The highest BCUT2D eigenvalue weighted by Gasteiger charge is 2.56. The lowest BCUT2D eigenvalue weighted by molar-refractivity contribution is -0.265. The number of fused-ring (bicyclic) bond motifs is 2. The number of alkyl halides is 3. The van der Waals surface area contributed by atoms with Gasteiger partial charge in [0.05, 0.1) is 38.4 Å². The smallest absolute Gasteiger partial charge is 0.424 e. The molecule has 14 heteroatoms. The van der Waals surface area contributed by atoms with Crippen LogP contribution in [0.1, 0.15) is 47.4 Å². The number of nitrogens with one attached hydrogen (secondary N) is 2. The first-order chi connectivity index (χ1) is 21.9. The van der Waals surface area contributed by atoms with Crippen molar-refractivity contribution in [3.05, 3.63) is 71.7 Å². The molecule has 1 atom stereocenters. The summed E-state index contributed by atoms with van der Waals surface area (Å²) in [5.74, 6) is -1.38. The number of primary amides is 1. The molecule has 240 valence electrons. The molecule has 1 saturated carbocycles. The third-order valence-corrected chi connectivity index (χ3v) is 7.92. The minimum absolute atomic E-state index is 0.000352. The molecule has 0 radical (unpaired) electrons. The lowest BCUT2D eigenvalue weighted by atomic mass is 9.93. The number of carbonyl (C=O) groups is 2. The lowest BCUT2D eigenvalue weighted by Crippen LogP contribution is -2.51. The second-order valence-electron chi connectivity index (χ2n) is 11.2. The SMILES string of the molecule is CCOc1c(CC(N)=O)cc([C@@](O)(CNC(=O)c2cc(OC)c3nn(C4CC4)cc3c2)C(F)(F)F)nc1-c1ccc2[nH]ccc2c1. The highest BCUT2D eigenvalue weighted by molar-refractivity contribution is 6.00. The van der Waals surface area contributed by atoms with Crippen LogP contribution >= 0.6 is 0 Å². The zero-order valence-corrected chi connectivity index (χ0v) is 24.9. The molecule has 0 bridgehead atoms. The second kappa shape index (κ2) is 11.7. The highest BCUT2D eigenvalue weighted by atomic mass is 19.4. The average molecular weight is 637 g/mol. The number of pyridine rings is 1. The van der Waals surface area contributed by atoms with Crippen molar-refractivity contribution in [2.45, 2.75) is 44.0 Å². The summed E-state index contributed by atoms with van der Waals surface area (Å²) in [5, 5.41) is 19.4. The Hall–Kier alpha value is -5.11. The molecule has 3 heterocycles. The summed E-state index contributed by atoms with van der Waals surface area (Å²) in [6.07, 6.45) is -0.378. The molecule has 1 fully saturated rings. The summed E-state index contributed by atoms with van der Waals surface area (Å²) in [6, 6.07) is 10.9. The van der Waals surface area contributed by atoms with E-state index in [0.717, 1.165) is 29.8 Å². The van der Waals surface area contributed by atoms with E-state index in [9.17, 15) is 27.9 Å². The predicted octanol–water partition coefficient (Wildman–Crippen LogP) is 4.53. The molecule has 5 aromatic rings. The van der Waals surface area contributed by atoms with Crippen LogP contribution in [0, 0.1) is 0 Å². The normalized spacial score (nSPS) is 14.7. The molecule has 0 saturated heterocycles. The van der Waals surface area contributed by atoms with Gasteiger partial charge in [-0.1, -0.05) is 6.07 Å². The topological polar surface area (TPSA) is 157 Å².